The monoisotopic (exact) mass is 378 g/mol. The van der Waals surface area contributed by atoms with Crippen LogP contribution in [0.3, 0.4) is 0 Å². The summed E-state index contributed by atoms with van der Waals surface area (Å²) >= 11 is 0. The number of fused-ring (bicyclic) bond motifs is 1. The lowest BCUT2D eigenvalue weighted by Crippen LogP contribution is -2.47. The van der Waals surface area contributed by atoms with Crippen LogP contribution in [0.1, 0.15) is 38.4 Å². The van der Waals surface area contributed by atoms with Gasteiger partial charge in [-0.2, -0.15) is 4.98 Å². The van der Waals surface area contributed by atoms with Crippen molar-refractivity contribution in [3.8, 4) is 11.6 Å². The van der Waals surface area contributed by atoms with Crippen LogP contribution >= 0.6 is 0 Å². The number of hydrogen-bond donors (Lipinski definition) is 0. The highest BCUT2D eigenvalue weighted by atomic mass is 16.5. The SMILES string of the molecule is CC(C)CN1CCN(c2nnc(-c3nc(C4CC4)no3)c3ccccc23)CC1. The van der Waals surface area contributed by atoms with E-state index < -0.39 is 0 Å². The van der Waals surface area contributed by atoms with Gasteiger partial charge in [-0.05, 0) is 18.8 Å². The summed E-state index contributed by atoms with van der Waals surface area (Å²) < 4.78 is 5.51. The Labute approximate surface area is 164 Å². The van der Waals surface area contributed by atoms with Gasteiger partial charge in [0.05, 0.1) is 0 Å². The lowest BCUT2D eigenvalue weighted by molar-refractivity contribution is 0.231. The minimum Gasteiger partial charge on any atom is -0.352 e. The standard InChI is InChI=1S/C21H26N6O/c1-14(2)13-26-9-11-27(12-10-26)20-17-6-4-3-5-16(17)18(23-24-20)21-22-19(25-28-21)15-7-8-15/h3-6,14-15H,7-13H2,1-2H3. The predicted molar refractivity (Wildman–Crippen MR) is 108 cm³/mol. The quantitative estimate of drug-likeness (QED) is 0.674. The summed E-state index contributed by atoms with van der Waals surface area (Å²) in [5, 5.41) is 15.3. The summed E-state index contributed by atoms with van der Waals surface area (Å²) in [5.74, 6) is 3.37. The van der Waals surface area contributed by atoms with E-state index in [0.717, 1.165) is 68.0 Å². The van der Waals surface area contributed by atoms with Crippen molar-refractivity contribution < 1.29 is 4.52 Å². The van der Waals surface area contributed by atoms with E-state index in [1.165, 1.54) is 0 Å². The van der Waals surface area contributed by atoms with Gasteiger partial charge >= 0.3 is 0 Å². The van der Waals surface area contributed by atoms with Gasteiger partial charge in [0.25, 0.3) is 5.89 Å². The lowest BCUT2D eigenvalue weighted by Gasteiger charge is -2.36. The third kappa shape index (κ3) is 3.35. The Bertz CT molecular complexity index is 972. The van der Waals surface area contributed by atoms with Crippen molar-refractivity contribution in [3.05, 3.63) is 30.1 Å². The van der Waals surface area contributed by atoms with Gasteiger partial charge in [0, 0.05) is 49.4 Å². The van der Waals surface area contributed by atoms with Crippen LogP contribution in [-0.2, 0) is 0 Å². The molecule has 2 aliphatic rings. The normalized spacial score (nSPS) is 18.3. The largest absolute Gasteiger partial charge is 0.352 e. The van der Waals surface area contributed by atoms with E-state index in [-0.39, 0.29) is 0 Å². The van der Waals surface area contributed by atoms with Crippen LogP contribution in [0, 0.1) is 5.92 Å². The zero-order valence-corrected chi connectivity index (χ0v) is 16.5. The second kappa shape index (κ2) is 7.13. The van der Waals surface area contributed by atoms with Gasteiger partial charge in [0.1, 0.15) is 0 Å². The van der Waals surface area contributed by atoms with Gasteiger partial charge < -0.3 is 9.42 Å². The molecule has 7 nitrogen and oxygen atoms in total. The summed E-state index contributed by atoms with van der Waals surface area (Å²) in [6.45, 7) is 9.76. The van der Waals surface area contributed by atoms with Crippen molar-refractivity contribution in [1.82, 2.24) is 25.2 Å². The Morgan fingerprint density at radius 3 is 2.50 bits per heavy atom. The Morgan fingerprint density at radius 1 is 1.04 bits per heavy atom. The van der Waals surface area contributed by atoms with E-state index in [9.17, 15) is 0 Å². The van der Waals surface area contributed by atoms with Gasteiger partial charge in [-0.25, -0.2) is 0 Å². The third-order valence-corrected chi connectivity index (χ3v) is 5.55. The van der Waals surface area contributed by atoms with E-state index >= 15 is 0 Å². The molecule has 1 aliphatic carbocycles. The molecule has 2 aromatic heterocycles. The predicted octanol–water partition coefficient (Wildman–Crippen LogP) is 3.34. The fourth-order valence-corrected chi connectivity index (χ4v) is 3.98. The van der Waals surface area contributed by atoms with Gasteiger partial charge in [0.2, 0.25) is 0 Å². The highest BCUT2D eigenvalue weighted by Crippen LogP contribution is 2.39. The second-order valence-corrected chi connectivity index (χ2v) is 8.33. The molecule has 7 heteroatoms. The maximum atomic E-state index is 5.51. The van der Waals surface area contributed by atoms with Crippen molar-refractivity contribution >= 4 is 16.6 Å². The Hall–Kier alpha value is -2.54. The van der Waals surface area contributed by atoms with Crippen molar-refractivity contribution in [1.29, 1.82) is 0 Å². The molecule has 1 saturated carbocycles. The van der Waals surface area contributed by atoms with Gasteiger partial charge in [-0.1, -0.05) is 43.3 Å². The first-order valence-electron chi connectivity index (χ1n) is 10.3. The van der Waals surface area contributed by atoms with E-state index in [4.69, 9.17) is 4.52 Å². The van der Waals surface area contributed by atoms with Crippen molar-refractivity contribution in [2.75, 3.05) is 37.6 Å². The third-order valence-electron chi connectivity index (χ3n) is 5.55. The number of nitrogens with zero attached hydrogens (tertiary/aromatic N) is 6. The first kappa shape index (κ1) is 17.6. The van der Waals surface area contributed by atoms with Crippen molar-refractivity contribution in [3.63, 3.8) is 0 Å². The minimum absolute atomic E-state index is 0.457. The molecule has 0 atom stereocenters. The van der Waals surface area contributed by atoms with Crippen LogP contribution in [0.15, 0.2) is 28.8 Å². The van der Waals surface area contributed by atoms with Crippen LogP contribution in [-0.4, -0.2) is 58.0 Å². The summed E-state index contributed by atoms with van der Waals surface area (Å²) in [4.78, 5) is 9.45. The van der Waals surface area contributed by atoms with Crippen LogP contribution < -0.4 is 4.90 Å². The maximum Gasteiger partial charge on any atom is 0.279 e. The molecule has 2 fully saturated rings. The molecule has 0 N–H and O–H groups in total. The van der Waals surface area contributed by atoms with Crippen LogP contribution in [0.25, 0.3) is 22.4 Å². The summed E-state index contributed by atoms with van der Waals surface area (Å²) in [6.07, 6.45) is 2.29. The molecule has 1 aromatic carbocycles. The van der Waals surface area contributed by atoms with Crippen molar-refractivity contribution in [2.45, 2.75) is 32.6 Å². The summed E-state index contributed by atoms with van der Waals surface area (Å²) in [6, 6.07) is 8.26. The highest BCUT2D eigenvalue weighted by molar-refractivity contribution is 5.99. The van der Waals surface area contributed by atoms with E-state index in [1.54, 1.807) is 0 Å². The Morgan fingerprint density at radius 2 is 1.79 bits per heavy atom. The molecule has 1 aliphatic heterocycles. The molecule has 0 amide bonds. The first-order chi connectivity index (χ1) is 13.7. The Balaban J connectivity index is 1.45. The molecule has 0 bridgehead atoms. The number of anilines is 1. The highest BCUT2D eigenvalue weighted by Gasteiger charge is 2.30. The molecule has 3 heterocycles. The van der Waals surface area contributed by atoms with E-state index in [1.807, 2.05) is 6.07 Å². The number of rotatable bonds is 5. The average Bonchev–Trinajstić information content (AvgIpc) is 3.45. The number of aromatic nitrogens is 4. The summed E-state index contributed by atoms with van der Waals surface area (Å²) in [7, 11) is 0. The maximum absolute atomic E-state index is 5.51. The molecular weight excluding hydrogens is 352 g/mol. The molecule has 3 aromatic rings. The van der Waals surface area contributed by atoms with Crippen LogP contribution in [0.2, 0.25) is 0 Å². The molecule has 0 unspecified atom stereocenters. The van der Waals surface area contributed by atoms with E-state index in [0.29, 0.717) is 23.4 Å². The molecule has 5 rings (SSSR count). The van der Waals surface area contributed by atoms with Crippen LogP contribution in [0.5, 0.6) is 0 Å². The second-order valence-electron chi connectivity index (χ2n) is 8.33. The molecule has 1 saturated heterocycles. The zero-order chi connectivity index (χ0) is 19.1. The summed E-state index contributed by atoms with van der Waals surface area (Å²) in [5.41, 5.74) is 0.678. The molecular formula is C21H26N6O. The number of piperazine rings is 1. The molecule has 146 valence electrons. The average molecular weight is 378 g/mol. The number of hydrogen-bond acceptors (Lipinski definition) is 7. The van der Waals surface area contributed by atoms with Crippen molar-refractivity contribution in [2.24, 2.45) is 5.92 Å². The van der Waals surface area contributed by atoms with Gasteiger partial charge in [-0.15, -0.1) is 10.2 Å². The van der Waals surface area contributed by atoms with E-state index in [2.05, 4.69) is 62.2 Å². The molecule has 0 radical (unpaired) electrons. The zero-order valence-electron chi connectivity index (χ0n) is 16.5. The fraction of sp³-hybridized carbons (Fsp3) is 0.524. The number of benzene rings is 1. The van der Waals surface area contributed by atoms with Gasteiger partial charge in [0.15, 0.2) is 17.3 Å². The smallest absolute Gasteiger partial charge is 0.279 e. The lowest BCUT2D eigenvalue weighted by atomic mass is 10.1. The van der Waals surface area contributed by atoms with Crippen LogP contribution in [0.4, 0.5) is 5.82 Å². The Kier molecular flexibility index (Phi) is 4.47. The molecule has 28 heavy (non-hydrogen) atoms. The minimum atomic E-state index is 0.457. The molecule has 0 spiro atoms. The fourth-order valence-electron chi connectivity index (χ4n) is 3.98. The topological polar surface area (TPSA) is 71.2 Å². The van der Waals surface area contributed by atoms with Gasteiger partial charge in [-0.3, -0.25) is 4.90 Å². The first-order valence-corrected chi connectivity index (χ1v) is 10.3.